The van der Waals surface area contributed by atoms with E-state index in [0.29, 0.717) is 34.3 Å². The fraction of sp³-hybridized carbons (Fsp3) is 0.259. The maximum Gasteiger partial charge on any atom is 0.422 e. The standard InChI is InChI=1S/C27H27NO9/c1-27(2,3)37-26(30)28-17(23-15-35-18-9-7-8-10-19(18)36-23)14-34-22(25(28)29)13-16-11-20(31-4)24(33-6)21(12-16)32-5/h7-15H,1-6H3/b22-13-. The van der Waals surface area contributed by atoms with Crippen molar-refractivity contribution in [2.45, 2.75) is 26.4 Å². The molecule has 10 nitrogen and oxygen atoms in total. The highest BCUT2D eigenvalue weighted by molar-refractivity contribution is 6.06. The van der Waals surface area contributed by atoms with Crippen molar-refractivity contribution in [3.63, 3.8) is 0 Å². The van der Waals surface area contributed by atoms with Gasteiger partial charge in [0.1, 0.15) is 23.8 Å². The van der Waals surface area contributed by atoms with Gasteiger partial charge in [0.15, 0.2) is 34.5 Å². The van der Waals surface area contributed by atoms with Crippen LogP contribution in [-0.2, 0) is 14.3 Å². The van der Waals surface area contributed by atoms with E-state index in [2.05, 4.69) is 0 Å². The molecule has 0 N–H and O–H groups in total. The number of methoxy groups -OCH3 is 3. The van der Waals surface area contributed by atoms with Crippen LogP contribution in [0.1, 0.15) is 26.3 Å². The molecule has 0 fully saturated rings. The first kappa shape index (κ1) is 25.5. The molecule has 2 aromatic carbocycles. The summed E-state index contributed by atoms with van der Waals surface area (Å²) < 4.78 is 38.8. The zero-order chi connectivity index (χ0) is 26.7. The molecule has 2 aromatic rings. The smallest absolute Gasteiger partial charge is 0.422 e. The van der Waals surface area contributed by atoms with Gasteiger partial charge in [0.25, 0.3) is 0 Å². The molecule has 2 heterocycles. The van der Waals surface area contributed by atoms with Gasteiger partial charge in [-0.3, -0.25) is 4.79 Å². The number of para-hydroxylation sites is 2. The molecule has 0 bridgehead atoms. The number of carbonyl (C=O) groups is 2. The predicted molar refractivity (Wildman–Crippen MR) is 132 cm³/mol. The maximum atomic E-state index is 13.6. The van der Waals surface area contributed by atoms with Gasteiger partial charge in [0, 0.05) is 0 Å². The van der Waals surface area contributed by atoms with Crippen molar-refractivity contribution in [1.29, 1.82) is 0 Å². The number of nitrogens with zero attached hydrogens (tertiary/aromatic N) is 1. The first-order valence-corrected chi connectivity index (χ1v) is 11.2. The van der Waals surface area contributed by atoms with Gasteiger partial charge >= 0.3 is 12.0 Å². The van der Waals surface area contributed by atoms with Gasteiger partial charge in [-0.25, -0.2) is 9.69 Å². The highest BCUT2D eigenvalue weighted by Gasteiger charge is 2.39. The lowest BCUT2D eigenvalue weighted by atomic mass is 10.1. The first-order chi connectivity index (χ1) is 17.6. The van der Waals surface area contributed by atoms with Crippen LogP contribution in [0, 0.1) is 0 Å². The molecule has 0 saturated carbocycles. The summed E-state index contributed by atoms with van der Waals surface area (Å²) in [4.78, 5) is 27.6. The van der Waals surface area contributed by atoms with Crippen molar-refractivity contribution in [1.82, 2.24) is 4.90 Å². The Hall–Kier alpha value is -4.60. The molecule has 2 amide bonds. The molecule has 0 unspecified atom stereocenters. The third-order valence-corrected chi connectivity index (χ3v) is 5.13. The van der Waals surface area contributed by atoms with Crippen LogP contribution in [0.2, 0.25) is 0 Å². The molecule has 4 rings (SSSR count). The van der Waals surface area contributed by atoms with Crippen LogP contribution in [0.3, 0.4) is 0 Å². The average molecular weight is 510 g/mol. The van der Waals surface area contributed by atoms with Gasteiger partial charge in [-0.1, -0.05) is 12.1 Å². The van der Waals surface area contributed by atoms with Crippen LogP contribution >= 0.6 is 0 Å². The van der Waals surface area contributed by atoms with E-state index in [4.69, 9.17) is 33.2 Å². The number of rotatable bonds is 5. The lowest BCUT2D eigenvalue weighted by molar-refractivity contribution is -0.128. The lowest BCUT2D eigenvalue weighted by Crippen LogP contribution is -2.44. The molecular formula is C27H27NO9. The fourth-order valence-corrected chi connectivity index (χ4v) is 3.53. The largest absolute Gasteiger partial charge is 0.493 e. The van der Waals surface area contributed by atoms with Crippen LogP contribution in [0.15, 0.2) is 66.1 Å². The summed E-state index contributed by atoms with van der Waals surface area (Å²) in [5.74, 6) is 1.22. The summed E-state index contributed by atoms with van der Waals surface area (Å²) in [6.07, 6.45) is 3.04. The van der Waals surface area contributed by atoms with Crippen LogP contribution in [0.25, 0.3) is 6.08 Å². The molecule has 0 spiro atoms. The Balaban J connectivity index is 1.74. The number of fused-ring (bicyclic) bond motifs is 1. The summed E-state index contributed by atoms with van der Waals surface area (Å²) in [7, 11) is 4.45. The van der Waals surface area contributed by atoms with Gasteiger partial charge in [0.05, 0.1) is 21.3 Å². The Morgan fingerprint density at radius 1 is 0.919 bits per heavy atom. The van der Waals surface area contributed by atoms with E-state index in [1.807, 2.05) is 0 Å². The van der Waals surface area contributed by atoms with Crippen LogP contribution in [0.5, 0.6) is 28.7 Å². The normalized spacial score (nSPS) is 15.9. The quantitative estimate of drug-likeness (QED) is 0.515. The van der Waals surface area contributed by atoms with Crippen molar-refractivity contribution in [2.24, 2.45) is 0 Å². The van der Waals surface area contributed by atoms with E-state index < -0.39 is 17.6 Å². The van der Waals surface area contributed by atoms with E-state index >= 15 is 0 Å². The van der Waals surface area contributed by atoms with Crippen molar-refractivity contribution in [2.75, 3.05) is 21.3 Å². The van der Waals surface area contributed by atoms with Gasteiger partial charge < -0.3 is 33.2 Å². The molecule has 2 aliphatic rings. The third kappa shape index (κ3) is 5.32. The van der Waals surface area contributed by atoms with Gasteiger partial charge in [-0.05, 0) is 56.7 Å². The zero-order valence-electron chi connectivity index (χ0n) is 21.3. The highest BCUT2D eigenvalue weighted by Crippen LogP contribution is 2.40. The van der Waals surface area contributed by atoms with Gasteiger partial charge in [-0.15, -0.1) is 0 Å². The number of amides is 2. The Labute approximate surface area is 214 Å². The summed E-state index contributed by atoms with van der Waals surface area (Å²) in [6.45, 7) is 5.09. The average Bonchev–Trinajstić information content (AvgIpc) is 2.87. The third-order valence-electron chi connectivity index (χ3n) is 5.13. The number of ether oxygens (including phenoxy) is 7. The molecule has 37 heavy (non-hydrogen) atoms. The Morgan fingerprint density at radius 2 is 1.57 bits per heavy atom. The predicted octanol–water partition coefficient (Wildman–Crippen LogP) is 5.00. The molecule has 0 atom stereocenters. The lowest BCUT2D eigenvalue weighted by Gasteiger charge is -2.31. The van der Waals surface area contributed by atoms with Crippen molar-refractivity contribution >= 4 is 18.1 Å². The Kier molecular flexibility index (Phi) is 7.01. The van der Waals surface area contributed by atoms with E-state index in [9.17, 15) is 9.59 Å². The number of hydrogen-bond donors (Lipinski definition) is 0. The molecular weight excluding hydrogens is 482 g/mol. The summed E-state index contributed by atoms with van der Waals surface area (Å²) in [5, 5.41) is 0. The van der Waals surface area contributed by atoms with Crippen molar-refractivity contribution in [3.8, 4) is 28.7 Å². The molecule has 0 radical (unpaired) electrons. The molecule has 0 saturated heterocycles. The Bertz CT molecular complexity index is 1290. The van der Waals surface area contributed by atoms with E-state index in [1.54, 1.807) is 57.2 Å². The van der Waals surface area contributed by atoms with E-state index in [0.717, 1.165) is 4.90 Å². The van der Waals surface area contributed by atoms with Crippen LogP contribution in [-0.4, -0.2) is 43.8 Å². The summed E-state index contributed by atoms with van der Waals surface area (Å²) >= 11 is 0. The molecule has 194 valence electrons. The zero-order valence-corrected chi connectivity index (χ0v) is 21.3. The van der Waals surface area contributed by atoms with Crippen LogP contribution in [0.4, 0.5) is 4.79 Å². The number of hydrogen-bond acceptors (Lipinski definition) is 9. The monoisotopic (exact) mass is 509 g/mol. The SMILES string of the molecule is COc1cc(/C=C2\OC=C(C3=COc4ccccc4O3)N(C(=O)OC(C)(C)C)C2=O)cc(OC)c1OC. The minimum Gasteiger partial charge on any atom is -0.493 e. The van der Waals surface area contributed by atoms with Crippen molar-refractivity contribution in [3.05, 3.63) is 71.7 Å². The van der Waals surface area contributed by atoms with E-state index in [1.165, 1.54) is 39.9 Å². The second-order valence-corrected chi connectivity index (χ2v) is 8.86. The molecule has 0 aliphatic carbocycles. The minimum atomic E-state index is -0.911. The van der Waals surface area contributed by atoms with Crippen LogP contribution < -0.4 is 23.7 Å². The summed E-state index contributed by atoms with van der Waals surface area (Å²) in [5.41, 5.74) is -0.355. The number of imide groups is 1. The molecule has 2 aliphatic heterocycles. The molecule has 10 heteroatoms. The fourth-order valence-electron chi connectivity index (χ4n) is 3.53. The number of carbonyl (C=O) groups excluding carboxylic acids is 2. The maximum absolute atomic E-state index is 13.6. The first-order valence-electron chi connectivity index (χ1n) is 11.2. The van der Waals surface area contributed by atoms with Crippen molar-refractivity contribution < 1.29 is 42.7 Å². The summed E-state index contributed by atoms with van der Waals surface area (Å²) in [6, 6.07) is 10.3. The molecule has 0 aromatic heterocycles. The minimum absolute atomic E-state index is 0.01000. The van der Waals surface area contributed by atoms with Gasteiger partial charge in [0.2, 0.25) is 5.75 Å². The Morgan fingerprint density at radius 3 is 2.16 bits per heavy atom. The van der Waals surface area contributed by atoms with Gasteiger partial charge in [-0.2, -0.15) is 0 Å². The highest BCUT2D eigenvalue weighted by atomic mass is 16.6. The number of benzene rings is 2. The second-order valence-electron chi connectivity index (χ2n) is 8.86. The topological polar surface area (TPSA) is 102 Å². The second kappa shape index (κ2) is 10.2. The van der Waals surface area contributed by atoms with E-state index in [-0.39, 0.29) is 17.2 Å².